The molecule has 1 amide bonds. The lowest BCUT2D eigenvalue weighted by Gasteiger charge is -2.49. The molecule has 23 heavy (non-hydrogen) atoms. The van der Waals surface area contributed by atoms with Crippen LogP contribution in [0, 0.1) is 0 Å². The van der Waals surface area contributed by atoms with Gasteiger partial charge >= 0.3 is 0 Å². The van der Waals surface area contributed by atoms with Gasteiger partial charge in [-0.1, -0.05) is 0 Å². The first-order valence-electron chi connectivity index (χ1n) is 8.85. The number of carbonyl (C=O) groups excluding carboxylic acids is 1. The van der Waals surface area contributed by atoms with Crippen LogP contribution in [0.3, 0.4) is 0 Å². The van der Waals surface area contributed by atoms with Gasteiger partial charge in [-0.2, -0.15) is 0 Å². The second-order valence-electron chi connectivity index (χ2n) is 7.55. The first-order valence-corrected chi connectivity index (χ1v) is 8.85. The van der Waals surface area contributed by atoms with Gasteiger partial charge < -0.3 is 20.0 Å². The first-order chi connectivity index (χ1) is 10.8. The molecule has 6 heteroatoms. The minimum Gasteiger partial charge on any atom is -0.355 e. The number of likely N-dealkylation sites (tertiary alicyclic amines) is 1. The highest BCUT2D eigenvalue weighted by Gasteiger charge is 2.40. The van der Waals surface area contributed by atoms with Gasteiger partial charge in [0.2, 0.25) is 5.91 Å². The van der Waals surface area contributed by atoms with Crippen molar-refractivity contribution in [2.75, 3.05) is 46.3 Å². The van der Waals surface area contributed by atoms with E-state index in [-0.39, 0.29) is 17.5 Å². The van der Waals surface area contributed by atoms with Gasteiger partial charge in [0.1, 0.15) is 0 Å². The average Bonchev–Trinajstić information content (AvgIpc) is 2.94. The molecule has 0 aromatic carbocycles. The zero-order chi connectivity index (χ0) is 17.0. The molecule has 0 bridgehead atoms. The Balaban J connectivity index is 1.92. The summed E-state index contributed by atoms with van der Waals surface area (Å²) in [7, 11) is 1.80. The Morgan fingerprint density at radius 2 is 1.96 bits per heavy atom. The van der Waals surface area contributed by atoms with Gasteiger partial charge in [0, 0.05) is 32.7 Å². The molecule has 2 heterocycles. The van der Waals surface area contributed by atoms with Crippen molar-refractivity contribution in [3.8, 4) is 0 Å². The van der Waals surface area contributed by atoms with E-state index in [0.29, 0.717) is 6.54 Å². The Labute approximate surface area is 140 Å². The summed E-state index contributed by atoms with van der Waals surface area (Å²) in [5, 5.41) is 3.43. The van der Waals surface area contributed by atoms with Gasteiger partial charge in [-0.3, -0.25) is 9.79 Å². The van der Waals surface area contributed by atoms with Crippen molar-refractivity contribution in [1.29, 1.82) is 0 Å². The van der Waals surface area contributed by atoms with Gasteiger partial charge in [-0.25, -0.2) is 0 Å². The van der Waals surface area contributed by atoms with Crippen LogP contribution in [0.25, 0.3) is 0 Å². The molecular weight excluding hydrogens is 290 g/mol. The van der Waals surface area contributed by atoms with Crippen LogP contribution in [0.1, 0.15) is 40.5 Å². The van der Waals surface area contributed by atoms with E-state index in [9.17, 15) is 4.79 Å². The molecule has 6 nitrogen and oxygen atoms in total. The van der Waals surface area contributed by atoms with Crippen LogP contribution >= 0.6 is 0 Å². The van der Waals surface area contributed by atoms with Crippen LogP contribution in [0.15, 0.2) is 4.99 Å². The Bertz CT molecular complexity index is 440. The number of amides is 1. The highest BCUT2D eigenvalue weighted by molar-refractivity contribution is 5.88. The van der Waals surface area contributed by atoms with Gasteiger partial charge in [-0.05, 0) is 53.6 Å². The number of rotatable bonds is 4. The molecule has 2 fully saturated rings. The largest absolute Gasteiger partial charge is 0.355 e. The Morgan fingerprint density at radius 3 is 2.48 bits per heavy atom. The summed E-state index contributed by atoms with van der Waals surface area (Å²) in [4.78, 5) is 23.5. The Morgan fingerprint density at radius 1 is 1.30 bits per heavy atom. The summed E-state index contributed by atoms with van der Waals surface area (Å²) in [5.41, 5.74) is -0.184. The predicted molar refractivity (Wildman–Crippen MR) is 94.7 cm³/mol. The van der Waals surface area contributed by atoms with Gasteiger partial charge in [-0.15, -0.1) is 0 Å². The normalized spacial score (nSPS) is 23.0. The van der Waals surface area contributed by atoms with Crippen molar-refractivity contribution >= 4 is 11.9 Å². The summed E-state index contributed by atoms with van der Waals surface area (Å²) in [6, 6.07) is 0.227. The van der Waals surface area contributed by atoms with Gasteiger partial charge in [0.15, 0.2) is 5.96 Å². The molecule has 0 spiro atoms. The maximum absolute atomic E-state index is 12.6. The smallest absolute Gasteiger partial charge is 0.242 e. The number of guanidine groups is 1. The molecule has 0 radical (unpaired) electrons. The summed E-state index contributed by atoms with van der Waals surface area (Å²) in [6.07, 6.45) is 2.63. The number of nitrogens with zero attached hydrogens (tertiary/aromatic N) is 4. The molecule has 0 atom stereocenters. The Hall–Kier alpha value is -1.30. The van der Waals surface area contributed by atoms with Gasteiger partial charge in [0.05, 0.1) is 12.1 Å². The summed E-state index contributed by atoms with van der Waals surface area (Å²) < 4.78 is 0. The topological polar surface area (TPSA) is 51.2 Å². The molecule has 2 aliphatic rings. The molecule has 1 N–H and O–H groups in total. The predicted octanol–water partition coefficient (Wildman–Crippen LogP) is 0.989. The highest BCUT2D eigenvalue weighted by Crippen LogP contribution is 2.24. The zero-order valence-electron chi connectivity index (χ0n) is 15.4. The maximum atomic E-state index is 12.6. The molecule has 2 aliphatic heterocycles. The number of nitrogens with one attached hydrogen (secondary N) is 1. The van der Waals surface area contributed by atoms with E-state index in [1.807, 2.05) is 4.90 Å². The van der Waals surface area contributed by atoms with E-state index in [0.717, 1.165) is 25.6 Å². The number of hydrogen-bond acceptors (Lipinski definition) is 3. The summed E-state index contributed by atoms with van der Waals surface area (Å²) in [5.74, 6) is 1.02. The quantitative estimate of drug-likeness (QED) is 0.619. The minimum absolute atomic E-state index is 0.179. The molecule has 2 saturated heterocycles. The van der Waals surface area contributed by atoms with E-state index in [4.69, 9.17) is 0 Å². The average molecular weight is 323 g/mol. The minimum atomic E-state index is -0.184. The fraction of sp³-hybridized carbons (Fsp3) is 0.882. The van der Waals surface area contributed by atoms with Crippen LogP contribution in [0.2, 0.25) is 0 Å². The summed E-state index contributed by atoms with van der Waals surface area (Å²) in [6.45, 7) is 14.0. The first kappa shape index (κ1) is 18.0. The molecule has 0 saturated carbocycles. The van der Waals surface area contributed by atoms with Crippen molar-refractivity contribution in [3.05, 3.63) is 0 Å². The van der Waals surface area contributed by atoms with Gasteiger partial charge in [0.25, 0.3) is 0 Å². The lowest BCUT2D eigenvalue weighted by atomic mass is 9.96. The molecule has 0 aromatic rings. The molecule has 0 aliphatic carbocycles. The fourth-order valence-electron chi connectivity index (χ4n) is 3.98. The molecular formula is C17H33N5O. The van der Waals surface area contributed by atoms with Crippen molar-refractivity contribution in [1.82, 2.24) is 20.0 Å². The van der Waals surface area contributed by atoms with Crippen LogP contribution in [0.4, 0.5) is 0 Å². The van der Waals surface area contributed by atoms with Crippen molar-refractivity contribution in [3.63, 3.8) is 0 Å². The van der Waals surface area contributed by atoms with E-state index in [2.05, 4.69) is 47.8 Å². The van der Waals surface area contributed by atoms with Crippen molar-refractivity contribution in [2.24, 2.45) is 4.99 Å². The molecule has 0 aromatic heterocycles. The van der Waals surface area contributed by atoms with Crippen LogP contribution in [-0.4, -0.2) is 84.5 Å². The molecule has 132 valence electrons. The third-order valence-electron chi connectivity index (χ3n) is 4.76. The summed E-state index contributed by atoms with van der Waals surface area (Å²) >= 11 is 0. The van der Waals surface area contributed by atoms with E-state index in [1.165, 1.54) is 25.9 Å². The van der Waals surface area contributed by atoms with Crippen LogP contribution in [-0.2, 0) is 4.79 Å². The SMILES string of the molecule is CN=C(NCCN1CCCC1)N1CC(=O)N(C(C)C)C(C)(C)C1. The molecule has 2 rings (SSSR count). The second kappa shape index (κ2) is 7.51. The monoisotopic (exact) mass is 323 g/mol. The van der Waals surface area contributed by atoms with Crippen molar-refractivity contribution < 1.29 is 4.79 Å². The molecule has 0 unspecified atom stereocenters. The zero-order valence-corrected chi connectivity index (χ0v) is 15.4. The standard InChI is InChI=1S/C17H33N5O/c1-14(2)22-15(23)12-21(13-17(22,3)4)16(18-5)19-8-11-20-9-6-7-10-20/h14H,6-13H2,1-5H3,(H,18,19). The van der Waals surface area contributed by atoms with E-state index < -0.39 is 0 Å². The third kappa shape index (κ3) is 4.37. The lowest BCUT2D eigenvalue weighted by molar-refractivity contribution is -0.145. The number of carbonyl (C=O) groups is 1. The third-order valence-corrected chi connectivity index (χ3v) is 4.76. The van der Waals surface area contributed by atoms with Crippen LogP contribution in [0.5, 0.6) is 0 Å². The fourth-order valence-corrected chi connectivity index (χ4v) is 3.98. The van der Waals surface area contributed by atoms with E-state index >= 15 is 0 Å². The highest BCUT2D eigenvalue weighted by atomic mass is 16.2. The number of piperazine rings is 1. The van der Waals surface area contributed by atoms with Crippen molar-refractivity contribution in [2.45, 2.75) is 52.1 Å². The van der Waals surface area contributed by atoms with Crippen LogP contribution < -0.4 is 5.32 Å². The number of aliphatic imine (C=N–C) groups is 1. The van der Waals surface area contributed by atoms with E-state index in [1.54, 1.807) is 7.05 Å². The maximum Gasteiger partial charge on any atom is 0.242 e. The Kier molecular flexibility index (Phi) is 5.89. The number of hydrogen-bond donors (Lipinski definition) is 1. The lowest BCUT2D eigenvalue weighted by Crippen LogP contribution is -2.66. The second-order valence-corrected chi connectivity index (χ2v) is 7.55.